The van der Waals surface area contributed by atoms with Crippen molar-refractivity contribution in [1.29, 1.82) is 0 Å². The van der Waals surface area contributed by atoms with Gasteiger partial charge in [0.1, 0.15) is 6.04 Å². The van der Waals surface area contributed by atoms with E-state index in [1.165, 1.54) is 0 Å². The fourth-order valence-electron chi connectivity index (χ4n) is 1.98. The highest BCUT2D eigenvalue weighted by Crippen LogP contribution is 2.23. The average molecular weight is 256 g/mol. The number of rotatable bonds is 5. The lowest BCUT2D eigenvalue weighted by Crippen LogP contribution is -2.29. The number of nitrogens with zero attached hydrogens (tertiary/aromatic N) is 1. The Morgan fingerprint density at radius 2 is 1.53 bits per heavy atom. The third-order valence-corrected chi connectivity index (χ3v) is 3.07. The lowest BCUT2D eigenvalue weighted by molar-refractivity contribution is -0.521. The van der Waals surface area contributed by atoms with E-state index in [9.17, 15) is 10.1 Å². The van der Waals surface area contributed by atoms with Crippen molar-refractivity contribution >= 4 is 5.69 Å². The summed E-state index contributed by atoms with van der Waals surface area (Å²) in [5.74, 6) is 0. The molecule has 0 unspecified atom stereocenters. The number of para-hydroxylation sites is 1. The highest BCUT2D eigenvalue weighted by Gasteiger charge is 2.27. The molecule has 2 aromatic rings. The first-order valence-electron chi connectivity index (χ1n) is 6.18. The molecule has 98 valence electrons. The predicted octanol–water partition coefficient (Wildman–Crippen LogP) is 3.51. The van der Waals surface area contributed by atoms with Gasteiger partial charge in [-0.2, -0.15) is 0 Å². The van der Waals surface area contributed by atoms with Crippen LogP contribution in [0.25, 0.3) is 0 Å². The van der Waals surface area contributed by atoms with E-state index in [-0.39, 0.29) is 11.0 Å². The summed E-state index contributed by atoms with van der Waals surface area (Å²) < 4.78 is 0. The number of hydrogen-bond acceptors (Lipinski definition) is 3. The normalized spacial score (nSPS) is 13.5. The van der Waals surface area contributed by atoms with E-state index >= 15 is 0 Å². The maximum atomic E-state index is 11.1. The second kappa shape index (κ2) is 6.00. The Kier molecular flexibility index (Phi) is 4.13. The van der Waals surface area contributed by atoms with Crippen molar-refractivity contribution in [2.45, 2.75) is 19.0 Å². The molecule has 0 aromatic heterocycles. The van der Waals surface area contributed by atoms with Crippen LogP contribution >= 0.6 is 0 Å². The van der Waals surface area contributed by atoms with Crippen molar-refractivity contribution < 1.29 is 4.92 Å². The molecule has 0 spiro atoms. The number of nitro groups is 1. The molecule has 0 aliphatic rings. The summed E-state index contributed by atoms with van der Waals surface area (Å²) in [5, 5.41) is 14.3. The van der Waals surface area contributed by atoms with E-state index in [0.717, 1.165) is 11.3 Å². The molecule has 2 atom stereocenters. The first kappa shape index (κ1) is 13.1. The Bertz CT molecular complexity index is 528. The van der Waals surface area contributed by atoms with Gasteiger partial charge < -0.3 is 5.32 Å². The highest BCUT2D eigenvalue weighted by molar-refractivity contribution is 5.45. The third kappa shape index (κ3) is 3.31. The molecule has 4 heteroatoms. The van der Waals surface area contributed by atoms with Gasteiger partial charge in [-0.25, -0.2) is 0 Å². The fraction of sp³-hybridized carbons (Fsp3) is 0.200. The van der Waals surface area contributed by atoms with Gasteiger partial charge in [-0.15, -0.1) is 0 Å². The van der Waals surface area contributed by atoms with Gasteiger partial charge in [0.25, 0.3) is 0 Å². The van der Waals surface area contributed by atoms with E-state index < -0.39 is 6.04 Å². The Balaban J connectivity index is 2.27. The van der Waals surface area contributed by atoms with Gasteiger partial charge in [0.2, 0.25) is 6.04 Å². The summed E-state index contributed by atoms with van der Waals surface area (Å²) in [4.78, 5) is 10.8. The molecule has 0 fully saturated rings. The third-order valence-electron chi connectivity index (χ3n) is 3.07. The van der Waals surface area contributed by atoms with Gasteiger partial charge in [-0.05, 0) is 17.7 Å². The first-order valence-corrected chi connectivity index (χ1v) is 6.18. The number of anilines is 1. The first-order chi connectivity index (χ1) is 9.18. The summed E-state index contributed by atoms with van der Waals surface area (Å²) in [5.41, 5.74) is 1.79. The fourth-order valence-corrected chi connectivity index (χ4v) is 1.98. The zero-order chi connectivity index (χ0) is 13.7. The van der Waals surface area contributed by atoms with Gasteiger partial charge in [-0.1, -0.05) is 48.5 Å². The van der Waals surface area contributed by atoms with E-state index in [4.69, 9.17) is 0 Å². The quantitative estimate of drug-likeness (QED) is 0.658. The maximum absolute atomic E-state index is 11.1. The molecular formula is C15H16N2O2. The van der Waals surface area contributed by atoms with Crippen molar-refractivity contribution in [3.05, 3.63) is 76.3 Å². The average Bonchev–Trinajstić information content (AvgIpc) is 2.46. The van der Waals surface area contributed by atoms with Crippen LogP contribution in [0.1, 0.15) is 18.5 Å². The van der Waals surface area contributed by atoms with Crippen LogP contribution in [-0.2, 0) is 0 Å². The summed E-state index contributed by atoms with van der Waals surface area (Å²) in [6.07, 6.45) is 0. The Morgan fingerprint density at radius 1 is 1.00 bits per heavy atom. The van der Waals surface area contributed by atoms with Crippen LogP contribution in [0.3, 0.4) is 0 Å². The van der Waals surface area contributed by atoms with Crippen molar-refractivity contribution in [2.75, 3.05) is 5.32 Å². The van der Waals surface area contributed by atoms with Crippen molar-refractivity contribution in [3.8, 4) is 0 Å². The van der Waals surface area contributed by atoms with Gasteiger partial charge in [-0.3, -0.25) is 10.1 Å². The summed E-state index contributed by atoms with van der Waals surface area (Å²) in [6, 6.07) is 18.0. The number of nitrogens with one attached hydrogen (secondary N) is 1. The smallest absolute Gasteiger partial charge is 0.234 e. The van der Waals surface area contributed by atoms with Gasteiger partial charge >= 0.3 is 0 Å². The molecule has 0 aliphatic carbocycles. The summed E-state index contributed by atoms with van der Waals surface area (Å²) in [7, 11) is 0. The lowest BCUT2D eigenvalue weighted by atomic mass is 10.0. The monoisotopic (exact) mass is 256 g/mol. The van der Waals surface area contributed by atoms with Crippen molar-refractivity contribution in [2.24, 2.45) is 0 Å². The van der Waals surface area contributed by atoms with Crippen molar-refractivity contribution in [1.82, 2.24) is 0 Å². The zero-order valence-corrected chi connectivity index (χ0v) is 10.7. The highest BCUT2D eigenvalue weighted by atomic mass is 16.6. The second-order valence-electron chi connectivity index (χ2n) is 4.42. The van der Waals surface area contributed by atoms with Gasteiger partial charge in [0.15, 0.2) is 0 Å². The molecule has 0 radical (unpaired) electrons. The Hall–Kier alpha value is -2.36. The van der Waals surface area contributed by atoms with Gasteiger partial charge in [0.05, 0.1) is 0 Å². The summed E-state index contributed by atoms with van der Waals surface area (Å²) >= 11 is 0. The predicted molar refractivity (Wildman–Crippen MR) is 75.7 cm³/mol. The maximum Gasteiger partial charge on any atom is 0.234 e. The molecule has 0 saturated carbocycles. The van der Waals surface area contributed by atoms with Gasteiger partial charge in [0, 0.05) is 17.5 Å². The van der Waals surface area contributed by atoms with Crippen LogP contribution < -0.4 is 5.32 Å². The second-order valence-corrected chi connectivity index (χ2v) is 4.42. The number of hydrogen-bond donors (Lipinski definition) is 1. The van der Waals surface area contributed by atoms with Crippen LogP contribution in [0.4, 0.5) is 5.69 Å². The molecule has 0 amide bonds. The molecule has 19 heavy (non-hydrogen) atoms. The van der Waals surface area contributed by atoms with Crippen LogP contribution in [0.5, 0.6) is 0 Å². The molecule has 2 rings (SSSR count). The van der Waals surface area contributed by atoms with E-state index in [0.29, 0.717) is 0 Å². The standard InChI is InChI=1S/C15H16N2O2/c1-12(17(18)19)15(13-8-4-2-5-9-13)16-14-10-6-3-7-11-14/h2-12,15-16H,1H3/t12-,15+/m0/s1. The Morgan fingerprint density at radius 3 is 2.05 bits per heavy atom. The van der Waals surface area contributed by atoms with Crippen LogP contribution in [0, 0.1) is 10.1 Å². The largest absolute Gasteiger partial charge is 0.372 e. The summed E-state index contributed by atoms with van der Waals surface area (Å²) in [6.45, 7) is 1.62. The minimum Gasteiger partial charge on any atom is -0.372 e. The topological polar surface area (TPSA) is 55.2 Å². The number of benzene rings is 2. The Labute approximate surface area is 112 Å². The van der Waals surface area contributed by atoms with Crippen molar-refractivity contribution in [3.63, 3.8) is 0 Å². The van der Waals surface area contributed by atoms with E-state index in [1.807, 2.05) is 60.7 Å². The molecule has 1 N–H and O–H groups in total. The molecule has 0 aliphatic heterocycles. The van der Waals surface area contributed by atoms with E-state index in [2.05, 4.69) is 5.32 Å². The SMILES string of the molecule is C[C@@H]([C@@H](Nc1ccccc1)c1ccccc1)[N+](=O)[O-]. The van der Waals surface area contributed by atoms with E-state index in [1.54, 1.807) is 6.92 Å². The molecule has 4 nitrogen and oxygen atoms in total. The molecule has 0 bridgehead atoms. The molecule has 2 aromatic carbocycles. The molecule has 0 saturated heterocycles. The molecular weight excluding hydrogens is 240 g/mol. The van der Waals surface area contributed by atoms with Crippen LogP contribution in [0.2, 0.25) is 0 Å². The minimum atomic E-state index is -0.706. The molecule has 0 heterocycles. The minimum absolute atomic E-state index is 0.256. The van der Waals surface area contributed by atoms with Crippen LogP contribution in [-0.4, -0.2) is 11.0 Å². The van der Waals surface area contributed by atoms with Crippen LogP contribution in [0.15, 0.2) is 60.7 Å². The lowest BCUT2D eigenvalue weighted by Gasteiger charge is -2.21. The zero-order valence-electron chi connectivity index (χ0n) is 10.7.